The topological polar surface area (TPSA) is 88.9 Å². The fourth-order valence-electron chi connectivity index (χ4n) is 3.33. The summed E-state index contributed by atoms with van der Waals surface area (Å²) >= 11 is 0. The molecule has 8 nitrogen and oxygen atoms in total. The van der Waals surface area contributed by atoms with Crippen LogP contribution in [0.5, 0.6) is 0 Å². The minimum absolute atomic E-state index is 0.0989. The van der Waals surface area contributed by atoms with Gasteiger partial charge in [-0.25, -0.2) is 9.97 Å². The first-order valence-electron chi connectivity index (χ1n) is 8.54. The summed E-state index contributed by atoms with van der Waals surface area (Å²) in [5, 5.41) is 6.83. The highest BCUT2D eigenvalue weighted by atomic mass is 16.5. The molecule has 0 spiro atoms. The molecule has 134 valence electrons. The Labute approximate surface area is 150 Å². The van der Waals surface area contributed by atoms with E-state index in [1.807, 2.05) is 30.3 Å². The zero-order valence-corrected chi connectivity index (χ0v) is 14.4. The van der Waals surface area contributed by atoms with Gasteiger partial charge in [-0.2, -0.15) is 5.10 Å². The molecule has 0 bridgehead atoms. The van der Waals surface area contributed by atoms with Crippen LogP contribution < -0.4 is 0 Å². The molecule has 1 aliphatic heterocycles. The Bertz CT molecular complexity index is 861. The van der Waals surface area contributed by atoms with Crippen molar-refractivity contribution in [3.8, 4) is 5.69 Å². The Hall–Kier alpha value is -3.00. The van der Waals surface area contributed by atoms with Crippen molar-refractivity contribution in [2.24, 2.45) is 0 Å². The second kappa shape index (κ2) is 7.09. The number of rotatable bonds is 5. The summed E-state index contributed by atoms with van der Waals surface area (Å²) in [4.78, 5) is 23.0. The second-order valence-corrected chi connectivity index (χ2v) is 6.35. The Balaban J connectivity index is 1.50. The Kier molecular flexibility index (Phi) is 4.49. The highest BCUT2D eigenvalue weighted by molar-refractivity contribution is 5.92. The van der Waals surface area contributed by atoms with Crippen LogP contribution in [0.1, 0.15) is 28.7 Å². The number of hydrogen-bond donors (Lipinski definition) is 1. The van der Waals surface area contributed by atoms with E-state index in [4.69, 9.17) is 4.74 Å². The number of carbonyl (C=O) groups excluding carboxylic acids is 1. The van der Waals surface area contributed by atoms with Gasteiger partial charge in [-0.3, -0.25) is 14.5 Å². The van der Waals surface area contributed by atoms with Gasteiger partial charge in [0, 0.05) is 31.8 Å². The smallest absolute Gasteiger partial charge is 0.272 e. The number of nitrogens with zero attached hydrogens (tertiary/aromatic N) is 5. The van der Waals surface area contributed by atoms with E-state index < -0.39 is 0 Å². The number of benzene rings is 1. The van der Waals surface area contributed by atoms with Gasteiger partial charge in [0.15, 0.2) is 0 Å². The average molecular weight is 352 g/mol. The molecule has 3 heterocycles. The summed E-state index contributed by atoms with van der Waals surface area (Å²) in [6.45, 7) is 1.13. The third-order valence-corrected chi connectivity index (χ3v) is 4.69. The van der Waals surface area contributed by atoms with Crippen LogP contribution in [0.4, 0.5) is 0 Å². The predicted molar refractivity (Wildman–Crippen MR) is 94.0 cm³/mol. The Morgan fingerprint density at radius 1 is 1.38 bits per heavy atom. The van der Waals surface area contributed by atoms with E-state index in [-0.39, 0.29) is 17.9 Å². The van der Waals surface area contributed by atoms with Gasteiger partial charge in [-0.15, -0.1) is 0 Å². The maximum absolute atomic E-state index is 13.0. The van der Waals surface area contributed by atoms with E-state index >= 15 is 0 Å². The lowest BCUT2D eigenvalue weighted by Gasteiger charge is -2.24. The SMILES string of the molecule is CN(C[C@H]1OCC[C@H]1c1ncn[nH]1)C(=O)c1cncn1-c1ccccc1. The summed E-state index contributed by atoms with van der Waals surface area (Å²) in [5.74, 6) is 0.827. The molecule has 2 aromatic heterocycles. The number of nitrogens with one attached hydrogen (secondary N) is 1. The minimum atomic E-state index is -0.106. The van der Waals surface area contributed by atoms with Crippen molar-refractivity contribution in [2.45, 2.75) is 18.4 Å². The molecule has 1 fully saturated rings. The number of carbonyl (C=O) groups is 1. The van der Waals surface area contributed by atoms with Crippen LogP contribution in [0.15, 0.2) is 49.2 Å². The third-order valence-electron chi connectivity index (χ3n) is 4.69. The lowest BCUT2D eigenvalue weighted by molar-refractivity contribution is 0.0544. The number of imidazole rings is 1. The van der Waals surface area contributed by atoms with E-state index in [1.165, 1.54) is 6.33 Å². The average Bonchev–Trinajstić information content (AvgIpc) is 3.42. The van der Waals surface area contributed by atoms with E-state index in [2.05, 4.69) is 20.2 Å². The van der Waals surface area contributed by atoms with Gasteiger partial charge in [0.1, 0.15) is 17.8 Å². The van der Waals surface area contributed by atoms with Crippen molar-refractivity contribution in [1.82, 2.24) is 29.6 Å². The molecule has 1 aromatic carbocycles. The van der Waals surface area contributed by atoms with Crippen molar-refractivity contribution in [2.75, 3.05) is 20.2 Å². The number of likely N-dealkylation sites (N-methyl/N-ethyl adjacent to an activating group) is 1. The van der Waals surface area contributed by atoms with Crippen LogP contribution in [0, 0.1) is 0 Å². The maximum Gasteiger partial charge on any atom is 0.272 e. The first kappa shape index (κ1) is 16.5. The molecule has 1 aliphatic rings. The number of H-pyrrole nitrogens is 1. The van der Waals surface area contributed by atoms with Gasteiger partial charge in [0.25, 0.3) is 5.91 Å². The van der Waals surface area contributed by atoms with Crippen molar-refractivity contribution in [1.29, 1.82) is 0 Å². The molecule has 8 heteroatoms. The minimum Gasteiger partial charge on any atom is -0.376 e. The van der Waals surface area contributed by atoms with Gasteiger partial charge in [0.05, 0.1) is 18.6 Å². The van der Waals surface area contributed by atoms with Crippen molar-refractivity contribution < 1.29 is 9.53 Å². The van der Waals surface area contributed by atoms with Crippen molar-refractivity contribution >= 4 is 5.91 Å². The monoisotopic (exact) mass is 352 g/mol. The normalized spacial score (nSPS) is 19.6. The lowest BCUT2D eigenvalue weighted by Crippen LogP contribution is -2.37. The van der Waals surface area contributed by atoms with Crippen LogP contribution in [0.2, 0.25) is 0 Å². The largest absolute Gasteiger partial charge is 0.376 e. The fourth-order valence-corrected chi connectivity index (χ4v) is 3.33. The highest BCUT2D eigenvalue weighted by Crippen LogP contribution is 2.29. The highest BCUT2D eigenvalue weighted by Gasteiger charge is 2.34. The zero-order chi connectivity index (χ0) is 17.9. The van der Waals surface area contributed by atoms with Gasteiger partial charge < -0.3 is 9.64 Å². The quantitative estimate of drug-likeness (QED) is 0.754. The first-order chi connectivity index (χ1) is 12.7. The van der Waals surface area contributed by atoms with Gasteiger partial charge >= 0.3 is 0 Å². The molecule has 3 aromatic rings. The van der Waals surface area contributed by atoms with E-state index in [0.717, 1.165) is 17.9 Å². The van der Waals surface area contributed by atoms with E-state index in [0.29, 0.717) is 18.8 Å². The lowest BCUT2D eigenvalue weighted by atomic mass is 10.0. The molecule has 0 radical (unpaired) electrons. The molecular formula is C18H20N6O2. The Morgan fingerprint density at radius 2 is 2.23 bits per heavy atom. The summed E-state index contributed by atoms with van der Waals surface area (Å²) in [6, 6.07) is 9.69. The first-order valence-corrected chi connectivity index (χ1v) is 8.54. The van der Waals surface area contributed by atoms with Crippen LogP contribution in [0.25, 0.3) is 5.69 Å². The number of aromatic amines is 1. The molecule has 1 amide bonds. The summed E-state index contributed by atoms with van der Waals surface area (Å²) < 4.78 is 7.63. The van der Waals surface area contributed by atoms with Crippen molar-refractivity contribution in [3.05, 3.63) is 60.7 Å². The standard InChI is InChI=1S/C18H20N6O2/c1-23(10-16-14(7-8-26-16)17-20-11-21-22-17)18(25)15-9-19-12-24(15)13-5-3-2-4-6-13/h2-6,9,11-12,14,16H,7-8,10H2,1H3,(H,20,21,22)/t14-,16-/m1/s1. The number of hydrogen-bond acceptors (Lipinski definition) is 5. The molecular weight excluding hydrogens is 332 g/mol. The number of para-hydroxylation sites is 1. The van der Waals surface area contributed by atoms with Crippen LogP contribution in [0.3, 0.4) is 0 Å². The molecule has 4 rings (SSSR count). The van der Waals surface area contributed by atoms with Gasteiger partial charge in [-0.05, 0) is 18.6 Å². The summed E-state index contributed by atoms with van der Waals surface area (Å²) in [6.07, 6.45) is 5.50. The summed E-state index contributed by atoms with van der Waals surface area (Å²) in [5.41, 5.74) is 1.42. The maximum atomic E-state index is 13.0. The number of amides is 1. The van der Waals surface area contributed by atoms with Crippen molar-refractivity contribution in [3.63, 3.8) is 0 Å². The second-order valence-electron chi connectivity index (χ2n) is 6.35. The molecule has 1 saturated heterocycles. The Morgan fingerprint density at radius 3 is 3.00 bits per heavy atom. The zero-order valence-electron chi connectivity index (χ0n) is 14.4. The van der Waals surface area contributed by atoms with Crippen LogP contribution in [-0.4, -0.2) is 61.8 Å². The molecule has 26 heavy (non-hydrogen) atoms. The molecule has 1 N–H and O–H groups in total. The fraction of sp³-hybridized carbons (Fsp3) is 0.333. The van der Waals surface area contributed by atoms with Crippen LogP contribution >= 0.6 is 0 Å². The molecule has 0 aliphatic carbocycles. The van der Waals surface area contributed by atoms with E-state index in [9.17, 15) is 4.79 Å². The third kappa shape index (κ3) is 3.11. The molecule has 0 saturated carbocycles. The number of ether oxygens (including phenoxy) is 1. The van der Waals surface area contributed by atoms with Gasteiger partial charge in [-0.1, -0.05) is 18.2 Å². The summed E-state index contributed by atoms with van der Waals surface area (Å²) in [7, 11) is 1.78. The molecule has 0 unspecified atom stereocenters. The van der Waals surface area contributed by atoms with Gasteiger partial charge in [0.2, 0.25) is 0 Å². The van der Waals surface area contributed by atoms with E-state index in [1.54, 1.807) is 29.0 Å². The number of aromatic nitrogens is 5. The molecule has 2 atom stereocenters. The predicted octanol–water partition coefficient (Wildman–Crippen LogP) is 1.64. The van der Waals surface area contributed by atoms with Crippen LogP contribution in [-0.2, 0) is 4.74 Å².